The second-order valence-corrected chi connectivity index (χ2v) is 3.94. The molecule has 1 aromatic rings. The Bertz CT molecular complexity index is 439. The van der Waals surface area contributed by atoms with Crippen LogP contribution in [0.25, 0.3) is 0 Å². The zero-order valence-corrected chi connectivity index (χ0v) is 9.26. The van der Waals surface area contributed by atoms with E-state index in [0.717, 1.165) is 24.8 Å². The molecule has 0 radical (unpaired) electrons. The minimum Gasteiger partial charge on any atom is -0.508 e. The lowest BCUT2D eigenvalue weighted by atomic mass is 10.0. The number of benzene rings is 1. The summed E-state index contributed by atoms with van der Waals surface area (Å²) in [6.07, 6.45) is 13.7. The Morgan fingerprint density at radius 2 is 2.12 bits per heavy atom. The third kappa shape index (κ3) is 2.86. The van der Waals surface area contributed by atoms with Crippen LogP contribution < -0.4 is 0 Å². The number of hydrogen-bond acceptors (Lipinski definition) is 1. The Hall–Kier alpha value is -1.76. The first-order valence-electron chi connectivity index (χ1n) is 5.65. The van der Waals surface area contributed by atoms with Crippen LogP contribution in [0.4, 0.5) is 0 Å². The summed E-state index contributed by atoms with van der Waals surface area (Å²) in [6.45, 7) is 0. The Morgan fingerprint density at radius 3 is 2.88 bits per heavy atom. The molecule has 1 heteroatoms. The molecule has 1 N–H and O–H groups in total. The highest BCUT2D eigenvalue weighted by molar-refractivity contribution is 5.34. The van der Waals surface area contributed by atoms with Gasteiger partial charge in [-0.05, 0) is 36.5 Å². The molecule has 82 valence electrons. The van der Waals surface area contributed by atoms with Gasteiger partial charge in [-0.25, -0.2) is 0 Å². The molecule has 1 aliphatic carbocycles. The molecule has 0 saturated heterocycles. The van der Waals surface area contributed by atoms with Crippen LogP contribution in [0.1, 0.15) is 18.4 Å². The Balaban J connectivity index is 1.97. The van der Waals surface area contributed by atoms with Crippen molar-refractivity contribution in [1.82, 2.24) is 0 Å². The van der Waals surface area contributed by atoms with Crippen molar-refractivity contribution in [2.45, 2.75) is 19.3 Å². The summed E-state index contributed by atoms with van der Waals surface area (Å²) < 4.78 is 0. The third-order valence-electron chi connectivity index (χ3n) is 2.71. The molecule has 0 aromatic heterocycles. The molecule has 0 saturated carbocycles. The molecule has 16 heavy (non-hydrogen) atoms. The van der Waals surface area contributed by atoms with Gasteiger partial charge in [-0.3, -0.25) is 0 Å². The highest BCUT2D eigenvalue weighted by atomic mass is 16.3. The number of phenols is 1. The summed E-state index contributed by atoms with van der Waals surface area (Å²) in [5.41, 5.74) is 2.34. The van der Waals surface area contributed by atoms with Gasteiger partial charge in [0.1, 0.15) is 5.75 Å². The largest absolute Gasteiger partial charge is 0.508 e. The van der Waals surface area contributed by atoms with E-state index in [1.54, 1.807) is 6.07 Å². The SMILES string of the molecule is Oc1ccccc1CC=CC1=CC=CCC1. The van der Waals surface area contributed by atoms with E-state index >= 15 is 0 Å². The van der Waals surface area contributed by atoms with Crippen molar-refractivity contribution in [3.8, 4) is 5.75 Å². The number of phenolic OH excluding ortho intramolecular Hbond substituents is 1. The quantitative estimate of drug-likeness (QED) is 0.808. The van der Waals surface area contributed by atoms with Crippen LogP contribution in [0.3, 0.4) is 0 Å². The van der Waals surface area contributed by atoms with E-state index in [2.05, 4.69) is 30.4 Å². The fraction of sp³-hybridized carbons (Fsp3) is 0.200. The first-order chi connectivity index (χ1) is 7.86. The van der Waals surface area contributed by atoms with Gasteiger partial charge in [0.2, 0.25) is 0 Å². The van der Waals surface area contributed by atoms with Crippen LogP contribution >= 0.6 is 0 Å². The van der Waals surface area contributed by atoms with Crippen LogP contribution in [0, 0.1) is 0 Å². The van der Waals surface area contributed by atoms with Gasteiger partial charge in [0.15, 0.2) is 0 Å². The monoisotopic (exact) mass is 212 g/mol. The maximum atomic E-state index is 9.59. The van der Waals surface area contributed by atoms with Crippen LogP contribution in [0.2, 0.25) is 0 Å². The fourth-order valence-electron chi connectivity index (χ4n) is 1.78. The van der Waals surface area contributed by atoms with E-state index < -0.39 is 0 Å². The topological polar surface area (TPSA) is 20.2 Å². The van der Waals surface area contributed by atoms with Gasteiger partial charge in [-0.2, -0.15) is 0 Å². The Labute approximate surface area is 96.4 Å². The van der Waals surface area contributed by atoms with Crippen LogP contribution in [-0.4, -0.2) is 5.11 Å². The maximum Gasteiger partial charge on any atom is 0.119 e. The molecule has 1 aromatic carbocycles. The minimum absolute atomic E-state index is 0.379. The Kier molecular flexibility index (Phi) is 3.60. The lowest BCUT2D eigenvalue weighted by molar-refractivity contribution is 0.469. The molecule has 0 atom stereocenters. The second-order valence-electron chi connectivity index (χ2n) is 3.94. The van der Waals surface area contributed by atoms with Crippen molar-refractivity contribution in [1.29, 1.82) is 0 Å². The van der Waals surface area contributed by atoms with Crippen LogP contribution in [0.15, 0.2) is 60.2 Å². The van der Waals surface area contributed by atoms with Gasteiger partial charge in [-0.1, -0.05) is 48.6 Å². The van der Waals surface area contributed by atoms with Gasteiger partial charge >= 0.3 is 0 Å². The van der Waals surface area contributed by atoms with E-state index in [1.807, 2.05) is 18.2 Å². The average Bonchev–Trinajstić information content (AvgIpc) is 2.33. The predicted octanol–water partition coefficient (Wildman–Crippen LogP) is 3.77. The zero-order valence-electron chi connectivity index (χ0n) is 9.26. The average molecular weight is 212 g/mol. The summed E-state index contributed by atoms with van der Waals surface area (Å²) in [7, 11) is 0. The predicted molar refractivity (Wildman–Crippen MR) is 67.4 cm³/mol. The number of hydrogen-bond donors (Lipinski definition) is 1. The normalized spacial score (nSPS) is 15.4. The molecule has 0 aliphatic heterocycles. The minimum atomic E-state index is 0.379. The molecule has 1 aliphatic rings. The van der Waals surface area contributed by atoms with Crippen LogP contribution in [-0.2, 0) is 6.42 Å². The molecular formula is C15H16O. The molecule has 2 rings (SSSR count). The number of para-hydroxylation sites is 1. The number of rotatable bonds is 3. The first-order valence-corrected chi connectivity index (χ1v) is 5.65. The highest BCUT2D eigenvalue weighted by Crippen LogP contribution is 2.18. The highest BCUT2D eigenvalue weighted by Gasteiger charge is 1.97. The lowest BCUT2D eigenvalue weighted by Gasteiger charge is -2.03. The summed E-state index contributed by atoms with van der Waals surface area (Å²) >= 11 is 0. The van der Waals surface area contributed by atoms with E-state index in [1.165, 1.54) is 5.57 Å². The van der Waals surface area contributed by atoms with E-state index in [-0.39, 0.29) is 0 Å². The van der Waals surface area contributed by atoms with Crippen molar-refractivity contribution in [3.63, 3.8) is 0 Å². The van der Waals surface area contributed by atoms with E-state index in [4.69, 9.17) is 0 Å². The van der Waals surface area contributed by atoms with E-state index in [9.17, 15) is 5.11 Å². The molecule has 0 spiro atoms. The van der Waals surface area contributed by atoms with Gasteiger partial charge in [0, 0.05) is 0 Å². The number of aromatic hydroxyl groups is 1. The maximum absolute atomic E-state index is 9.59. The molecule has 0 bridgehead atoms. The van der Waals surface area contributed by atoms with E-state index in [0.29, 0.717) is 5.75 Å². The smallest absolute Gasteiger partial charge is 0.119 e. The van der Waals surface area contributed by atoms with Gasteiger partial charge in [-0.15, -0.1) is 0 Å². The zero-order chi connectivity index (χ0) is 11.2. The molecular weight excluding hydrogens is 196 g/mol. The van der Waals surface area contributed by atoms with Crippen LogP contribution in [0.5, 0.6) is 5.75 Å². The van der Waals surface area contributed by atoms with Crippen molar-refractivity contribution in [2.75, 3.05) is 0 Å². The molecule has 0 heterocycles. The summed E-state index contributed by atoms with van der Waals surface area (Å²) in [4.78, 5) is 0. The second kappa shape index (κ2) is 5.36. The summed E-state index contributed by atoms with van der Waals surface area (Å²) in [6, 6.07) is 7.48. The third-order valence-corrected chi connectivity index (χ3v) is 2.71. The Morgan fingerprint density at radius 1 is 1.25 bits per heavy atom. The summed E-state index contributed by atoms with van der Waals surface area (Å²) in [5.74, 6) is 0.379. The molecule has 0 fully saturated rings. The van der Waals surface area contributed by atoms with Crippen molar-refractivity contribution in [2.24, 2.45) is 0 Å². The van der Waals surface area contributed by atoms with Crippen molar-refractivity contribution in [3.05, 3.63) is 65.8 Å². The molecule has 1 nitrogen and oxygen atoms in total. The van der Waals surface area contributed by atoms with Gasteiger partial charge < -0.3 is 5.11 Å². The lowest BCUT2D eigenvalue weighted by Crippen LogP contribution is -1.85. The number of allylic oxidation sites excluding steroid dienone is 6. The van der Waals surface area contributed by atoms with Gasteiger partial charge in [0.05, 0.1) is 0 Å². The first kappa shape index (κ1) is 10.7. The fourth-order valence-corrected chi connectivity index (χ4v) is 1.78. The van der Waals surface area contributed by atoms with Gasteiger partial charge in [0.25, 0.3) is 0 Å². The summed E-state index contributed by atoms with van der Waals surface area (Å²) in [5, 5.41) is 9.59. The standard InChI is InChI=1S/C15H16O/c16-15-12-5-4-10-14(15)11-6-9-13-7-2-1-3-8-13/h1-2,4-7,9-10,12,16H,3,8,11H2. The van der Waals surface area contributed by atoms with Crippen molar-refractivity contribution < 1.29 is 5.11 Å². The molecule has 0 unspecified atom stereocenters. The van der Waals surface area contributed by atoms with Crippen molar-refractivity contribution >= 4 is 0 Å². The molecule has 0 amide bonds.